The zero-order valence-electron chi connectivity index (χ0n) is 11.0. The van der Waals surface area contributed by atoms with Crippen molar-refractivity contribution in [2.45, 2.75) is 13.8 Å². The molecule has 0 saturated heterocycles. The molecule has 1 aromatic heterocycles. The highest BCUT2D eigenvalue weighted by molar-refractivity contribution is 9.10. The van der Waals surface area contributed by atoms with Crippen LogP contribution in [0, 0.1) is 13.8 Å². The van der Waals surface area contributed by atoms with Crippen molar-refractivity contribution in [3.8, 4) is 5.75 Å². The Labute approximate surface area is 121 Å². The lowest BCUT2D eigenvalue weighted by molar-refractivity contribution is 0.332. The smallest absolute Gasteiger partial charge is 0.130 e. The van der Waals surface area contributed by atoms with Crippen molar-refractivity contribution in [3.63, 3.8) is 0 Å². The van der Waals surface area contributed by atoms with Crippen molar-refractivity contribution >= 4 is 21.7 Å². The topological polar surface area (TPSA) is 47.0 Å². The highest BCUT2D eigenvalue weighted by Gasteiger charge is 1.99. The molecule has 0 fully saturated rings. The first-order valence-corrected chi connectivity index (χ1v) is 6.87. The van der Waals surface area contributed by atoms with E-state index in [9.17, 15) is 0 Å². The van der Waals surface area contributed by atoms with Gasteiger partial charge in [0.25, 0.3) is 0 Å². The first-order valence-electron chi connectivity index (χ1n) is 6.08. The normalized spacial score (nSPS) is 10.3. The average Bonchev–Trinajstić information content (AvgIpc) is 2.34. The summed E-state index contributed by atoms with van der Waals surface area (Å²) in [6, 6.07) is 9.86. The Bertz CT molecular complexity index is 540. The number of hydrogen-bond acceptors (Lipinski definition) is 4. The minimum absolute atomic E-state index is 0.587. The van der Waals surface area contributed by atoms with Gasteiger partial charge in [-0.25, -0.2) is 9.97 Å². The van der Waals surface area contributed by atoms with E-state index in [0.717, 1.165) is 22.0 Å². The molecule has 2 rings (SSSR count). The molecule has 0 aliphatic carbocycles. The van der Waals surface area contributed by atoms with Crippen LogP contribution in [0.5, 0.6) is 5.75 Å². The number of aromatic nitrogens is 2. The molecular formula is C14H16BrN3O. The Morgan fingerprint density at radius 3 is 2.79 bits per heavy atom. The van der Waals surface area contributed by atoms with E-state index >= 15 is 0 Å². The van der Waals surface area contributed by atoms with E-state index in [1.807, 2.05) is 44.2 Å². The molecule has 0 aliphatic heterocycles. The fraction of sp³-hybridized carbons (Fsp3) is 0.286. The summed E-state index contributed by atoms with van der Waals surface area (Å²) in [4.78, 5) is 8.44. The van der Waals surface area contributed by atoms with Crippen LogP contribution >= 0.6 is 15.9 Å². The summed E-state index contributed by atoms with van der Waals surface area (Å²) >= 11 is 3.34. The zero-order valence-corrected chi connectivity index (χ0v) is 12.6. The van der Waals surface area contributed by atoms with Crippen LogP contribution in [0.2, 0.25) is 0 Å². The highest BCUT2D eigenvalue weighted by Crippen LogP contribution is 2.13. The Hall–Kier alpha value is -1.62. The summed E-state index contributed by atoms with van der Waals surface area (Å²) in [6.07, 6.45) is 0. The van der Waals surface area contributed by atoms with Crippen molar-refractivity contribution in [2.24, 2.45) is 0 Å². The van der Waals surface area contributed by atoms with E-state index < -0.39 is 0 Å². The largest absolute Gasteiger partial charge is 0.492 e. The van der Waals surface area contributed by atoms with Crippen LogP contribution in [0.3, 0.4) is 0 Å². The lowest BCUT2D eigenvalue weighted by atomic mass is 10.2. The van der Waals surface area contributed by atoms with Gasteiger partial charge in [-0.3, -0.25) is 0 Å². The van der Waals surface area contributed by atoms with Gasteiger partial charge in [-0.2, -0.15) is 0 Å². The second-order valence-corrected chi connectivity index (χ2v) is 5.03. The SMILES string of the molecule is Cc1cccc(OCCNc2cc(Br)nc(C)n2)c1. The monoisotopic (exact) mass is 321 g/mol. The zero-order chi connectivity index (χ0) is 13.7. The van der Waals surface area contributed by atoms with E-state index in [2.05, 4.69) is 31.2 Å². The molecule has 1 heterocycles. The van der Waals surface area contributed by atoms with Crippen LogP contribution in [0.25, 0.3) is 0 Å². The van der Waals surface area contributed by atoms with Gasteiger partial charge in [0.05, 0.1) is 6.54 Å². The summed E-state index contributed by atoms with van der Waals surface area (Å²) in [5.74, 6) is 2.42. The molecule has 0 amide bonds. The fourth-order valence-corrected chi connectivity index (χ4v) is 2.15. The molecule has 0 radical (unpaired) electrons. The molecule has 0 aliphatic rings. The van der Waals surface area contributed by atoms with Crippen molar-refractivity contribution in [1.29, 1.82) is 0 Å². The van der Waals surface area contributed by atoms with Crippen molar-refractivity contribution in [1.82, 2.24) is 9.97 Å². The van der Waals surface area contributed by atoms with Gasteiger partial charge in [-0.15, -0.1) is 0 Å². The number of anilines is 1. The Balaban J connectivity index is 1.80. The van der Waals surface area contributed by atoms with E-state index in [4.69, 9.17) is 4.74 Å². The maximum Gasteiger partial charge on any atom is 0.130 e. The number of ether oxygens (including phenoxy) is 1. The van der Waals surface area contributed by atoms with Crippen LogP contribution < -0.4 is 10.1 Å². The van der Waals surface area contributed by atoms with Crippen LogP contribution in [0.15, 0.2) is 34.9 Å². The molecule has 1 aromatic carbocycles. The number of halogens is 1. The van der Waals surface area contributed by atoms with Crippen molar-refractivity contribution in [3.05, 3.63) is 46.3 Å². The first-order chi connectivity index (χ1) is 9.13. The Morgan fingerprint density at radius 2 is 2.05 bits per heavy atom. The lowest BCUT2D eigenvalue weighted by Crippen LogP contribution is -2.12. The van der Waals surface area contributed by atoms with Gasteiger partial charge >= 0.3 is 0 Å². The maximum absolute atomic E-state index is 5.65. The van der Waals surface area contributed by atoms with Crippen LogP contribution in [-0.2, 0) is 0 Å². The van der Waals surface area contributed by atoms with Crippen molar-refractivity contribution in [2.75, 3.05) is 18.5 Å². The molecule has 0 bridgehead atoms. The van der Waals surface area contributed by atoms with Crippen LogP contribution in [0.1, 0.15) is 11.4 Å². The predicted molar refractivity (Wildman–Crippen MR) is 79.6 cm³/mol. The van der Waals surface area contributed by atoms with Gasteiger partial charge < -0.3 is 10.1 Å². The second kappa shape index (κ2) is 6.52. The summed E-state index contributed by atoms with van der Waals surface area (Å²) in [5, 5.41) is 3.21. The predicted octanol–water partition coefficient (Wildman–Crippen LogP) is 3.35. The number of rotatable bonds is 5. The minimum Gasteiger partial charge on any atom is -0.492 e. The van der Waals surface area contributed by atoms with Gasteiger partial charge in [0, 0.05) is 6.07 Å². The van der Waals surface area contributed by atoms with Crippen LogP contribution in [-0.4, -0.2) is 23.1 Å². The van der Waals surface area contributed by atoms with E-state index in [1.165, 1.54) is 5.56 Å². The van der Waals surface area contributed by atoms with Gasteiger partial charge in [0.1, 0.15) is 28.6 Å². The highest BCUT2D eigenvalue weighted by atomic mass is 79.9. The molecular weight excluding hydrogens is 306 g/mol. The number of benzene rings is 1. The first kappa shape index (κ1) is 13.8. The summed E-state index contributed by atoms with van der Waals surface area (Å²) in [6.45, 7) is 5.19. The molecule has 19 heavy (non-hydrogen) atoms. The van der Waals surface area contributed by atoms with Crippen molar-refractivity contribution < 1.29 is 4.74 Å². The quantitative estimate of drug-likeness (QED) is 0.677. The average molecular weight is 322 g/mol. The van der Waals surface area contributed by atoms with E-state index in [-0.39, 0.29) is 0 Å². The number of aryl methyl sites for hydroxylation is 2. The molecule has 0 unspecified atom stereocenters. The molecule has 2 aromatic rings. The Morgan fingerprint density at radius 1 is 1.21 bits per heavy atom. The third-order valence-electron chi connectivity index (χ3n) is 2.47. The number of hydrogen-bond donors (Lipinski definition) is 1. The van der Waals surface area contributed by atoms with E-state index in [1.54, 1.807) is 0 Å². The molecule has 100 valence electrons. The van der Waals surface area contributed by atoms with Gasteiger partial charge in [0.2, 0.25) is 0 Å². The summed E-state index contributed by atoms with van der Waals surface area (Å²) in [7, 11) is 0. The molecule has 0 spiro atoms. The molecule has 0 atom stereocenters. The minimum atomic E-state index is 0.587. The van der Waals surface area contributed by atoms with E-state index in [0.29, 0.717) is 13.2 Å². The number of nitrogens with zero attached hydrogens (tertiary/aromatic N) is 2. The fourth-order valence-electron chi connectivity index (χ4n) is 1.67. The molecule has 5 heteroatoms. The third kappa shape index (κ3) is 4.52. The summed E-state index contributed by atoms with van der Waals surface area (Å²) in [5.41, 5.74) is 1.20. The lowest BCUT2D eigenvalue weighted by Gasteiger charge is -2.09. The number of nitrogens with one attached hydrogen (secondary N) is 1. The van der Waals surface area contributed by atoms with Gasteiger partial charge in [-0.1, -0.05) is 12.1 Å². The maximum atomic E-state index is 5.65. The van der Waals surface area contributed by atoms with Crippen LogP contribution in [0.4, 0.5) is 5.82 Å². The standard InChI is InChI=1S/C14H16BrN3O/c1-10-4-3-5-12(8-10)19-7-6-16-14-9-13(15)17-11(2)18-14/h3-5,8-9H,6-7H2,1-2H3,(H,16,17,18). The molecule has 1 N–H and O–H groups in total. The van der Waals surface area contributed by atoms with Gasteiger partial charge in [-0.05, 0) is 47.5 Å². The summed E-state index contributed by atoms with van der Waals surface area (Å²) < 4.78 is 6.43. The molecule has 4 nitrogen and oxygen atoms in total. The third-order valence-corrected chi connectivity index (χ3v) is 2.88. The van der Waals surface area contributed by atoms with Gasteiger partial charge in [0.15, 0.2) is 0 Å². The second-order valence-electron chi connectivity index (χ2n) is 4.21. The Kier molecular flexibility index (Phi) is 4.74. The molecule has 0 saturated carbocycles.